The zero-order valence-electron chi connectivity index (χ0n) is 13.8. The molecule has 0 bridgehead atoms. The van der Waals surface area contributed by atoms with Crippen LogP contribution in [-0.4, -0.2) is 34.7 Å². The number of thiol groups is 1. The van der Waals surface area contributed by atoms with Gasteiger partial charge in [-0.05, 0) is 26.8 Å². The van der Waals surface area contributed by atoms with E-state index in [1.165, 1.54) is 11.3 Å². The van der Waals surface area contributed by atoms with Gasteiger partial charge in [-0.1, -0.05) is 0 Å². The molecule has 0 saturated heterocycles. The van der Waals surface area contributed by atoms with Crippen LogP contribution >= 0.6 is 36.4 Å². The fourth-order valence-corrected chi connectivity index (χ4v) is 2.89. The Morgan fingerprint density at radius 2 is 2.00 bits per heavy atom. The minimum absolute atomic E-state index is 0. The van der Waals surface area contributed by atoms with E-state index in [1.54, 1.807) is 7.11 Å². The molecule has 24 heavy (non-hydrogen) atoms. The number of halogens is 1. The van der Waals surface area contributed by atoms with Crippen molar-refractivity contribution in [3.8, 4) is 5.75 Å². The lowest BCUT2D eigenvalue weighted by Crippen LogP contribution is -2.32. The van der Waals surface area contributed by atoms with Gasteiger partial charge in [0, 0.05) is 12.4 Å². The summed E-state index contributed by atoms with van der Waals surface area (Å²) in [5.74, 6) is 0.709. The Kier molecular flexibility index (Phi) is 10.3. The van der Waals surface area contributed by atoms with Gasteiger partial charge in [0.25, 0.3) is 0 Å². The molecule has 0 fully saturated rings. The topological polar surface area (TPSA) is 123 Å². The summed E-state index contributed by atoms with van der Waals surface area (Å²) in [6, 6.07) is 3.75. The summed E-state index contributed by atoms with van der Waals surface area (Å²) in [7, 11) is 1.60. The van der Waals surface area contributed by atoms with E-state index in [0.29, 0.717) is 12.3 Å². The average Bonchev–Trinajstić information content (AvgIpc) is 2.75. The lowest BCUT2D eigenvalue weighted by atomic mass is 10.2. The molecule has 2 rings (SSSR count). The van der Waals surface area contributed by atoms with Gasteiger partial charge in [-0.15, -0.1) is 36.4 Å². The van der Waals surface area contributed by atoms with Gasteiger partial charge in [-0.25, -0.2) is 9.78 Å². The molecule has 1 amide bonds. The monoisotopic (exact) mass is 400 g/mol. The van der Waals surface area contributed by atoms with E-state index >= 15 is 0 Å². The molecule has 10 heteroatoms. The van der Waals surface area contributed by atoms with Crippen LogP contribution in [0.2, 0.25) is 0 Å². The van der Waals surface area contributed by atoms with E-state index in [0.717, 1.165) is 20.1 Å². The summed E-state index contributed by atoms with van der Waals surface area (Å²) in [4.78, 5) is 16.8. The van der Waals surface area contributed by atoms with Crippen molar-refractivity contribution in [2.24, 2.45) is 0 Å². The third-order valence-electron chi connectivity index (χ3n) is 2.52. The molecule has 1 aromatic carbocycles. The number of rotatable bonds is 3. The fourth-order valence-electron chi connectivity index (χ4n) is 1.69. The predicted molar refractivity (Wildman–Crippen MR) is 103 cm³/mol. The van der Waals surface area contributed by atoms with E-state index in [4.69, 9.17) is 9.47 Å². The first kappa shape index (κ1) is 25.0. The van der Waals surface area contributed by atoms with E-state index in [1.807, 2.05) is 32.9 Å². The second-order valence-corrected chi connectivity index (χ2v) is 7.05. The highest BCUT2D eigenvalue weighted by Gasteiger charge is 2.16. The Bertz CT molecular complexity index is 679. The van der Waals surface area contributed by atoms with E-state index in [-0.39, 0.29) is 24.8 Å². The number of benzene rings is 1. The third kappa shape index (κ3) is 6.70. The summed E-state index contributed by atoms with van der Waals surface area (Å²) in [5.41, 5.74) is 0.332. The number of fused-ring (bicyclic) bond motifs is 1. The molecule has 0 radical (unpaired) electrons. The molecule has 2 aromatic rings. The van der Waals surface area contributed by atoms with Crippen LogP contribution in [0.1, 0.15) is 27.2 Å². The van der Waals surface area contributed by atoms with Gasteiger partial charge in [0.15, 0.2) is 0 Å². The van der Waals surface area contributed by atoms with Crippen molar-refractivity contribution in [3.05, 3.63) is 17.1 Å². The van der Waals surface area contributed by atoms with Crippen LogP contribution in [0.15, 0.2) is 17.0 Å². The number of ether oxygens (including phenoxy) is 2. The summed E-state index contributed by atoms with van der Waals surface area (Å²) in [6.07, 6.45) is -0.450. The van der Waals surface area contributed by atoms with Crippen molar-refractivity contribution in [2.45, 2.75) is 37.8 Å². The lowest BCUT2D eigenvalue weighted by Gasteiger charge is -2.19. The number of carbonyl (C=O) groups is 1. The highest BCUT2D eigenvalue weighted by atomic mass is 35.5. The maximum absolute atomic E-state index is 11.6. The maximum Gasteiger partial charge on any atom is 0.408 e. The molecule has 0 aliphatic rings. The Morgan fingerprint density at radius 1 is 1.38 bits per heavy atom. The summed E-state index contributed by atoms with van der Waals surface area (Å²) >= 11 is 5.84. The van der Waals surface area contributed by atoms with Gasteiger partial charge in [0.1, 0.15) is 16.4 Å². The second-order valence-electron chi connectivity index (χ2n) is 5.45. The molecular weight excluding hydrogens is 376 g/mol. The Hall–Kier alpha value is -1.26. The van der Waals surface area contributed by atoms with Crippen molar-refractivity contribution in [2.75, 3.05) is 7.11 Å². The van der Waals surface area contributed by atoms with Crippen molar-refractivity contribution >= 4 is 52.7 Å². The highest BCUT2D eigenvalue weighted by molar-refractivity contribution is 7.80. The van der Waals surface area contributed by atoms with Gasteiger partial charge in [-0.3, -0.25) is 0 Å². The zero-order valence-corrected chi connectivity index (χ0v) is 16.3. The third-order valence-corrected chi connectivity index (χ3v) is 3.88. The van der Waals surface area contributed by atoms with Crippen LogP contribution in [0.5, 0.6) is 5.75 Å². The number of alkyl carbamates (subject to hydrolysis) is 1. The number of hydrogen-bond donors (Lipinski definition) is 2. The van der Waals surface area contributed by atoms with E-state index < -0.39 is 11.7 Å². The van der Waals surface area contributed by atoms with Gasteiger partial charge in [-0.2, -0.15) is 0 Å². The molecule has 1 heterocycles. The minimum atomic E-state index is -0.508. The number of hydrogen-bond acceptors (Lipinski definition) is 6. The molecule has 140 valence electrons. The number of thiazole rings is 1. The number of methoxy groups -OCH3 is 1. The molecule has 7 nitrogen and oxygen atoms in total. The Labute approximate surface area is 157 Å². The van der Waals surface area contributed by atoms with Crippen molar-refractivity contribution in [3.63, 3.8) is 0 Å². The molecular formula is C14H25ClN2O5S2. The lowest BCUT2D eigenvalue weighted by molar-refractivity contribution is 0.0523. The van der Waals surface area contributed by atoms with E-state index in [2.05, 4.69) is 22.9 Å². The van der Waals surface area contributed by atoms with Crippen LogP contribution < -0.4 is 10.1 Å². The van der Waals surface area contributed by atoms with Crippen molar-refractivity contribution < 1.29 is 26.6 Å². The number of carbonyl (C=O) groups excluding carboxylic acids is 1. The van der Waals surface area contributed by atoms with Crippen LogP contribution in [0.25, 0.3) is 10.2 Å². The van der Waals surface area contributed by atoms with Gasteiger partial charge in [0.05, 0.1) is 23.9 Å². The molecule has 0 atom stereocenters. The number of aromatic nitrogens is 1. The van der Waals surface area contributed by atoms with Gasteiger partial charge in [0.2, 0.25) is 0 Å². The molecule has 0 unspecified atom stereocenters. The van der Waals surface area contributed by atoms with Crippen LogP contribution in [0.4, 0.5) is 4.79 Å². The van der Waals surface area contributed by atoms with Gasteiger partial charge < -0.3 is 25.7 Å². The Morgan fingerprint density at radius 3 is 2.54 bits per heavy atom. The van der Waals surface area contributed by atoms with Crippen LogP contribution in [0.3, 0.4) is 0 Å². The fraction of sp³-hybridized carbons (Fsp3) is 0.429. The summed E-state index contributed by atoms with van der Waals surface area (Å²) in [5, 5.41) is 3.50. The predicted octanol–water partition coefficient (Wildman–Crippen LogP) is 2.64. The molecule has 1 aromatic heterocycles. The molecule has 5 N–H and O–H groups in total. The smallest absolute Gasteiger partial charge is 0.408 e. The Balaban J connectivity index is -0.00000121. The largest absolute Gasteiger partial charge is 0.496 e. The maximum atomic E-state index is 11.6. The average molecular weight is 401 g/mol. The molecule has 0 aliphatic carbocycles. The normalized spacial score (nSPS) is 10.0. The highest BCUT2D eigenvalue weighted by Crippen LogP contribution is 2.31. The van der Waals surface area contributed by atoms with Crippen LogP contribution in [0, 0.1) is 0 Å². The summed E-state index contributed by atoms with van der Waals surface area (Å²) < 4.78 is 11.4. The standard InChI is InChI=1S/C14H18N2O3S2.ClH.2H2O.H2/c1-14(2,3)19-13(17)15-7-12-16-8-5-10(20)9(18-4)6-11(8)21-12;;;;/h5-6,20H,7H2,1-4H3,(H,15,17);1H;2*1H2;1H. The van der Waals surface area contributed by atoms with Crippen molar-refractivity contribution in [1.29, 1.82) is 0 Å². The van der Waals surface area contributed by atoms with E-state index in [9.17, 15) is 4.79 Å². The molecule has 0 spiro atoms. The first-order valence-corrected chi connectivity index (χ1v) is 7.68. The molecule has 0 aliphatic heterocycles. The number of amides is 1. The molecule has 0 saturated carbocycles. The minimum Gasteiger partial charge on any atom is -0.496 e. The summed E-state index contributed by atoms with van der Waals surface area (Å²) in [6.45, 7) is 5.80. The second kappa shape index (κ2) is 9.90. The van der Waals surface area contributed by atoms with Crippen LogP contribution in [-0.2, 0) is 11.3 Å². The number of nitrogens with zero attached hydrogens (tertiary/aromatic N) is 1. The SMILES string of the molecule is COc1cc2sc(CNC(=O)OC(C)(C)C)nc2cc1S.Cl.O.O.[HH]. The zero-order chi connectivity index (χ0) is 15.6. The first-order valence-electron chi connectivity index (χ1n) is 6.42. The van der Waals surface area contributed by atoms with Gasteiger partial charge >= 0.3 is 6.09 Å². The quantitative estimate of drug-likeness (QED) is 0.768. The first-order chi connectivity index (χ1) is 9.78. The number of nitrogens with one attached hydrogen (secondary N) is 1. The van der Waals surface area contributed by atoms with Crippen molar-refractivity contribution in [1.82, 2.24) is 10.3 Å².